The molecule has 4 aromatic rings. The average Bonchev–Trinajstić information content (AvgIpc) is 3.34. The minimum absolute atomic E-state index is 0.239. The van der Waals surface area contributed by atoms with Crippen molar-refractivity contribution in [3.63, 3.8) is 0 Å². The van der Waals surface area contributed by atoms with E-state index in [0.717, 1.165) is 39.9 Å². The molecule has 2 aromatic heterocycles. The van der Waals surface area contributed by atoms with E-state index in [-0.39, 0.29) is 11.0 Å². The summed E-state index contributed by atoms with van der Waals surface area (Å²) in [7, 11) is 0. The van der Waals surface area contributed by atoms with Crippen LogP contribution < -0.4 is 10.6 Å². The van der Waals surface area contributed by atoms with Crippen LogP contribution in [0.2, 0.25) is 0 Å². The van der Waals surface area contributed by atoms with Crippen LogP contribution in [0.3, 0.4) is 0 Å². The van der Waals surface area contributed by atoms with Gasteiger partial charge in [0.2, 0.25) is 4.96 Å². The molecule has 0 radical (unpaired) electrons. The average molecular weight is 437 g/mol. The van der Waals surface area contributed by atoms with Crippen LogP contribution in [0.1, 0.15) is 35.6 Å². The van der Waals surface area contributed by atoms with Crippen molar-refractivity contribution in [1.29, 1.82) is 0 Å². The van der Waals surface area contributed by atoms with E-state index in [4.69, 9.17) is 12.2 Å². The van der Waals surface area contributed by atoms with Crippen molar-refractivity contribution in [3.05, 3.63) is 65.5 Å². The molecule has 9 heteroatoms. The molecular formula is C21H20N6OS2. The minimum Gasteiger partial charge on any atom is -0.332 e. The number of fused-ring (bicyclic) bond motifs is 1. The molecule has 7 nitrogen and oxygen atoms in total. The molecule has 30 heavy (non-hydrogen) atoms. The van der Waals surface area contributed by atoms with Gasteiger partial charge in [0.05, 0.1) is 0 Å². The van der Waals surface area contributed by atoms with Crippen LogP contribution in [0.5, 0.6) is 0 Å². The van der Waals surface area contributed by atoms with E-state index in [1.54, 1.807) is 16.6 Å². The molecular weight excluding hydrogens is 416 g/mol. The highest BCUT2D eigenvalue weighted by Gasteiger charge is 2.13. The van der Waals surface area contributed by atoms with Crippen LogP contribution >= 0.6 is 23.6 Å². The number of nitrogens with one attached hydrogen (secondary N) is 2. The molecule has 0 atom stereocenters. The Kier molecular flexibility index (Phi) is 5.82. The fourth-order valence-corrected chi connectivity index (χ4v) is 4.02. The summed E-state index contributed by atoms with van der Waals surface area (Å²) in [5.41, 5.74) is 3.44. The molecule has 2 N–H and O–H groups in total. The van der Waals surface area contributed by atoms with Crippen molar-refractivity contribution in [2.75, 3.05) is 5.32 Å². The monoisotopic (exact) mass is 436 g/mol. The van der Waals surface area contributed by atoms with Crippen LogP contribution in [-0.4, -0.2) is 30.8 Å². The van der Waals surface area contributed by atoms with Gasteiger partial charge >= 0.3 is 0 Å². The highest BCUT2D eigenvalue weighted by atomic mass is 32.1. The van der Waals surface area contributed by atoms with Crippen molar-refractivity contribution in [2.24, 2.45) is 0 Å². The Morgan fingerprint density at radius 1 is 1.10 bits per heavy atom. The first-order chi connectivity index (χ1) is 14.6. The first-order valence-corrected chi connectivity index (χ1v) is 10.8. The number of aromatic nitrogens is 4. The van der Waals surface area contributed by atoms with E-state index in [1.165, 1.54) is 16.9 Å². The Morgan fingerprint density at radius 3 is 2.63 bits per heavy atom. The number of amides is 1. The number of thiocarbonyl (C=S) groups is 1. The number of rotatable bonds is 5. The van der Waals surface area contributed by atoms with Crippen molar-refractivity contribution in [1.82, 2.24) is 25.1 Å². The maximum absolute atomic E-state index is 12.4. The molecule has 0 fully saturated rings. The lowest BCUT2D eigenvalue weighted by Gasteiger charge is -2.10. The van der Waals surface area contributed by atoms with Gasteiger partial charge in [0.15, 0.2) is 10.9 Å². The zero-order valence-electron chi connectivity index (χ0n) is 16.5. The number of nitrogens with zero attached hydrogens (tertiary/aromatic N) is 4. The quantitative estimate of drug-likeness (QED) is 0.458. The van der Waals surface area contributed by atoms with Crippen LogP contribution in [0.15, 0.2) is 48.5 Å². The van der Waals surface area contributed by atoms with Gasteiger partial charge in [-0.05, 0) is 48.5 Å². The Balaban J connectivity index is 1.46. The topological polar surface area (TPSA) is 84.2 Å². The molecule has 0 aliphatic rings. The second kappa shape index (κ2) is 8.68. The third kappa shape index (κ3) is 4.22. The van der Waals surface area contributed by atoms with Gasteiger partial charge in [-0.2, -0.15) is 9.61 Å². The molecule has 0 unspecified atom stereocenters. The number of hydrogen-bond acceptors (Lipinski definition) is 6. The van der Waals surface area contributed by atoms with Gasteiger partial charge < -0.3 is 5.32 Å². The van der Waals surface area contributed by atoms with Crippen LogP contribution in [-0.2, 0) is 12.8 Å². The molecule has 0 spiro atoms. The molecule has 0 aliphatic carbocycles. The zero-order valence-corrected chi connectivity index (χ0v) is 18.2. The van der Waals surface area contributed by atoms with Gasteiger partial charge in [0.25, 0.3) is 5.91 Å². The summed E-state index contributed by atoms with van der Waals surface area (Å²) >= 11 is 6.79. The van der Waals surface area contributed by atoms with Crippen molar-refractivity contribution in [2.45, 2.75) is 26.7 Å². The third-order valence-electron chi connectivity index (χ3n) is 4.59. The number of hydrogen-bond donors (Lipinski definition) is 2. The zero-order chi connectivity index (χ0) is 21.1. The smallest absolute Gasteiger partial charge is 0.257 e. The maximum Gasteiger partial charge on any atom is 0.257 e. The minimum atomic E-state index is -0.243. The third-order valence-corrected chi connectivity index (χ3v) is 5.74. The predicted molar refractivity (Wildman–Crippen MR) is 123 cm³/mol. The molecule has 0 aliphatic heterocycles. The van der Waals surface area contributed by atoms with E-state index in [2.05, 4.69) is 32.9 Å². The fourth-order valence-electron chi connectivity index (χ4n) is 2.95. The summed E-state index contributed by atoms with van der Waals surface area (Å²) in [4.78, 5) is 13.2. The molecule has 2 heterocycles. The van der Waals surface area contributed by atoms with E-state index in [1.807, 2.05) is 43.3 Å². The van der Waals surface area contributed by atoms with Crippen molar-refractivity contribution >= 4 is 45.2 Å². The maximum atomic E-state index is 12.4. The van der Waals surface area contributed by atoms with Crippen LogP contribution in [0.4, 0.5) is 5.69 Å². The molecule has 2 aromatic carbocycles. The van der Waals surface area contributed by atoms with Gasteiger partial charge in [0.1, 0.15) is 5.01 Å². The number of aryl methyl sites for hydroxylation is 2. The summed E-state index contributed by atoms with van der Waals surface area (Å²) < 4.78 is 1.77. The second-order valence-corrected chi connectivity index (χ2v) is 7.98. The Morgan fingerprint density at radius 2 is 1.90 bits per heavy atom. The van der Waals surface area contributed by atoms with Crippen molar-refractivity contribution < 1.29 is 4.79 Å². The molecule has 4 rings (SSSR count). The van der Waals surface area contributed by atoms with E-state index >= 15 is 0 Å². The fraction of sp³-hybridized carbons (Fsp3) is 0.190. The molecule has 0 saturated carbocycles. The summed E-state index contributed by atoms with van der Waals surface area (Å²) in [5.74, 6) is 0.588. The Bertz CT molecular complexity index is 1210. The first-order valence-electron chi connectivity index (χ1n) is 9.60. The predicted octanol–water partition coefficient (Wildman–Crippen LogP) is 4.10. The molecule has 0 saturated heterocycles. The van der Waals surface area contributed by atoms with Crippen LogP contribution in [0, 0.1) is 0 Å². The second-order valence-electron chi connectivity index (χ2n) is 6.61. The Hall–Kier alpha value is -3.17. The molecule has 152 valence electrons. The highest BCUT2D eigenvalue weighted by molar-refractivity contribution is 7.80. The number of benzene rings is 2. The highest BCUT2D eigenvalue weighted by Crippen LogP contribution is 2.27. The van der Waals surface area contributed by atoms with Crippen LogP contribution in [0.25, 0.3) is 15.5 Å². The van der Waals surface area contributed by atoms with Gasteiger partial charge in [0, 0.05) is 23.2 Å². The van der Waals surface area contributed by atoms with E-state index in [9.17, 15) is 4.79 Å². The molecule has 0 bridgehead atoms. The van der Waals surface area contributed by atoms with Gasteiger partial charge in [-0.1, -0.05) is 49.4 Å². The number of anilines is 1. The van der Waals surface area contributed by atoms with E-state index < -0.39 is 0 Å². The van der Waals surface area contributed by atoms with E-state index in [0.29, 0.717) is 5.56 Å². The summed E-state index contributed by atoms with van der Waals surface area (Å²) in [6, 6.07) is 15.2. The lowest BCUT2D eigenvalue weighted by molar-refractivity contribution is 0.0977. The van der Waals surface area contributed by atoms with Crippen molar-refractivity contribution in [3.8, 4) is 10.6 Å². The summed E-state index contributed by atoms with van der Waals surface area (Å²) in [6.07, 6.45) is 1.69. The van der Waals surface area contributed by atoms with Gasteiger partial charge in [-0.15, -0.1) is 10.2 Å². The standard InChI is InChI=1S/C21H20N6OS2/c1-3-13-8-10-14(11-9-13)18(28)23-20(29)22-16-7-5-6-15(12-16)19-26-27-17(4-2)24-25-21(27)30-19/h5-12H,3-4H2,1-2H3,(H2,22,23,28,29). The SMILES string of the molecule is CCc1ccc(C(=O)NC(=S)Nc2cccc(-c3nn4c(CC)nnc4s3)c2)cc1. The van der Waals surface area contributed by atoms with Gasteiger partial charge in [-0.25, -0.2) is 0 Å². The molecule has 1 amide bonds. The Labute approximate surface area is 183 Å². The lowest BCUT2D eigenvalue weighted by atomic mass is 10.1. The number of carbonyl (C=O) groups excluding carboxylic acids is 1. The largest absolute Gasteiger partial charge is 0.332 e. The number of carbonyl (C=O) groups is 1. The van der Waals surface area contributed by atoms with Gasteiger partial charge in [-0.3, -0.25) is 10.1 Å². The summed E-state index contributed by atoms with van der Waals surface area (Å²) in [6.45, 7) is 4.10. The first kappa shape index (κ1) is 20.1. The summed E-state index contributed by atoms with van der Waals surface area (Å²) in [5, 5.41) is 19.8. The normalized spacial score (nSPS) is 10.9. The lowest BCUT2D eigenvalue weighted by Crippen LogP contribution is -2.34.